The van der Waals surface area contributed by atoms with E-state index < -0.39 is 14.5 Å². The summed E-state index contributed by atoms with van der Waals surface area (Å²) in [4.78, 5) is 12.3. The summed E-state index contributed by atoms with van der Waals surface area (Å²) < 4.78 is 17.0. The molecule has 0 N–H and O–H groups in total. The van der Waals surface area contributed by atoms with Crippen LogP contribution >= 0.6 is 0 Å². The summed E-state index contributed by atoms with van der Waals surface area (Å²) in [5.74, 6) is 0.0313. The molecule has 1 aliphatic rings. The molecular weight excluding hydrogens is 404 g/mol. The van der Waals surface area contributed by atoms with Gasteiger partial charge in [-0.2, -0.15) is 0 Å². The number of carbonyl (C=O) groups is 1. The number of carbonyl (C=O) groups excluding carboxylic acids is 1. The Balaban J connectivity index is 1.51. The second-order valence-corrected chi connectivity index (χ2v) is 14.4. The van der Waals surface area contributed by atoms with Crippen LogP contribution < -0.4 is 0 Å². The van der Waals surface area contributed by atoms with Gasteiger partial charge in [0, 0.05) is 5.92 Å². The molecule has 0 saturated carbocycles. The highest BCUT2D eigenvalue weighted by molar-refractivity contribution is 6.74. The summed E-state index contributed by atoms with van der Waals surface area (Å²) in [5.41, 5.74) is 4.79. The Bertz CT molecular complexity index is 897. The highest BCUT2D eigenvalue weighted by Gasteiger charge is 2.36. The third-order valence-corrected chi connectivity index (χ3v) is 10.9. The van der Waals surface area contributed by atoms with E-state index in [9.17, 15) is 4.79 Å². The van der Waals surface area contributed by atoms with Gasteiger partial charge in [0.25, 0.3) is 0 Å². The lowest BCUT2D eigenvalue weighted by atomic mass is 9.98. The van der Waals surface area contributed by atoms with E-state index in [1.54, 1.807) is 0 Å². The molecule has 3 rings (SSSR count). The van der Waals surface area contributed by atoms with Crippen molar-refractivity contribution in [3.05, 3.63) is 71.8 Å². The Morgan fingerprint density at radius 2 is 1.58 bits per heavy atom. The van der Waals surface area contributed by atoms with E-state index in [0.29, 0.717) is 6.61 Å². The van der Waals surface area contributed by atoms with Gasteiger partial charge in [-0.3, -0.25) is 0 Å². The molecule has 0 amide bonds. The maximum Gasteiger partial charge on any atom is 0.508 e. The van der Waals surface area contributed by atoms with Crippen LogP contribution in [-0.2, 0) is 13.9 Å². The van der Waals surface area contributed by atoms with Crippen molar-refractivity contribution in [2.75, 3.05) is 13.2 Å². The monoisotopic (exact) mass is 438 g/mol. The third kappa shape index (κ3) is 5.46. The lowest BCUT2D eigenvalue weighted by molar-refractivity contribution is 0.0401. The molecule has 0 aromatic heterocycles. The minimum atomic E-state index is -1.78. The van der Waals surface area contributed by atoms with Crippen LogP contribution in [0.1, 0.15) is 44.7 Å². The van der Waals surface area contributed by atoms with Crippen molar-refractivity contribution >= 4 is 14.5 Å². The lowest BCUT2D eigenvalue weighted by Crippen LogP contribution is -2.40. The zero-order valence-electron chi connectivity index (χ0n) is 19.5. The summed E-state index contributed by atoms with van der Waals surface area (Å²) in [6.45, 7) is 13.7. The lowest BCUT2D eigenvalue weighted by Gasteiger charge is -2.35. The second kappa shape index (κ2) is 9.41. The van der Waals surface area contributed by atoms with E-state index in [4.69, 9.17) is 13.9 Å². The van der Waals surface area contributed by atoms with E-state index in [2.05, 4.69) is 58.1 Å². The second-order valence-electron chi connectivity index (χ2n) is 9.61. The molecule has 5 heteroatoms. The first-order chi connectivity index (χ1) is 14.6. The van der Waals surface area contributed by atoms with Crippen molar-refractivity contribution in [3.63, 3.8) is 0 Å². The quantitative estimate of drug-likeness (QED) is 0.267. The molecular formula is C26H34O4Si. The minimum absolute atomic E-state index is 0.0313. The zero-order valence-corrected chi connectivity index (χ0v) is 20.5. The van der Waals surface area contributed by atoms with E-state index in [0.717, 1.165) is 0 Å². The van der Waals surface area contributed by atoms with Crippen LogP contribution in [-0.4, -0.2) is 33.8 Å². The molecule has 0 bridgehead atoms. The molecule has 31 heavy (non-hydrogen) atoms. The molecule has 1 aliphatic carbocycles. The van der Waals surface area contributed by atoms with Gasteiger partial charge in [-0.25, -0.2) is 4.79 Å². The molecule has 2 aromatic rings. The molecule has 0 radical (unpaired) electrons. The SMILES string of the molecule is C[C@@H](C=CCO[Si](C)(C)C(C)(C)C)OC(=O)OCC1c2ccccc2-c2ccccc21. The van der Waals surface area contributed by atoms with Gasteiger partial charge in [0.05, 0.1) is 6.61 Å². The Morgan fingerprint density at radius 1 is 1.03 bits per heavy atom. The fourth-order valence-corrected chi connectivity index (χ4v) is 4.48. The summed E-state index contributed by atoms with van der Waals surface area (Å²) in [6.07, 6.45) is 2.74. The number of hydrogen-bond donors (Lipinski definition) is 0. The number of hydrogen-bond acceptors (Lipinski definition) is 4. The van der Waals surface area contributed by atoms with Crippen LogP contribution in [0.3, 0.4) is 0 Å². The fourth-order valence-electron chi connectivity index (χ4n) is 3.54. The number of rotatable bonds is 7. The number of ether oxygens (including phenoxy) is 2. The average molecular weight is 439 g/mol. The zero-order chi connectivity index (χ0) is 22.6. The smallest absolute Gasteiger partial charge is 0.433 e. The van der Waals surface area contributed by atoms with Gasteiger partial charge in [-0.1, -0.05) is 75.4 Å². The Hall–Kier alpha value is -2.37. The Labute approximate surface area is 187 Å². The van der Waals surface area contributed by atoms with Gasteiger partial charge in [0.1, 0.15) is 12.7 Å². The molecule has 0 fully saturated rings. The highest BCUT2D eigenvalue weighted by Crippen LogP contribution is 2.44. The molecule has 0 saturated heterocycles. The fraction of sp³-hybridized carbons (Fsp3) is 0.423. The number of benzene rings is 2. The van der Waals surface area contributed by atoms with Crippen LogP contribution in [0.2, 0.25) is 18.1 Å². The van der Waals surface area contributed by atoms with E-state index in [1.165, 1.54) is 22.3 Å². The van der Waals surface area contributed by atoms with Crippen LogP contribution in [0.15, 0.2) is 60.7 Å². The topological polar surface area (TPSA) is 44.8 Å². The van der Waals surface area contributed by atoms with Gasteiger partial charge in [0.2, 0.25) is 0 Å². The standard InChI is InChI=1S/C26H34O4Si/c1-19(12-11-17-29-31(5,6)26(2,3)4)30-25(27)28-18-24-22-15-9-7-13-20(22)21-14-8-10-16-23(21)24/h7-16,19,24H,17-18H2,1-6H3/t19-/m0/s1. The molecule has 0 spiro atoms. The normalized spacial score (nSPS) is 14.9. The van der Waals surface area contributed by atoms with Gasteiger partial charge >= 0.3 is 6.16 Å². The molecule has 1 atom stereocenters. The minimum Gasteiger partial charge on any atom is -0.433 e. The van der Waals surface area contributed by atoms with Crippen LogP contribution in [0, 0.1) is 0 Å². The average Bonchev–Trinajstić information content (AvgIpc) is 3.03. The van der Waals surface area contributed by atoms with Gasteiger partial charge in [-0.05, 0) is 53.4 Å². The maximum atomic E-state index is 12.3. The molecule has 2 aromatic carbocycles. The van der Waals surface area contributed by atoms with Crippen molar-refractivity contribution < 1.29 is 18.7 Å². The molecule has 4 nitrogen and oxygen atoms in total. The third-order valence-electron chi connectivity index (χ3n) is 6.37. The predicted octanol–water partition coefficient (Wildman–Crippen LogP) is 6.92. The summed E-state index contributed by atoms with van der Waals surface area (Å²) in [5, 5.41) is 0.171. The Kier molecular flexibility index (Phi) is 7.07. The summed E-state index contributed by atoms with van der Waals surface area (Å²) >= 11 is 0. The van der Waals surface area contributed by atoms with Crippen LogP contribution in [0.25, 0.3) is 11.1 Å². The molecule has 0 heterocycles. The molecule has 0 unspecified atom stereocenters. The van der Waals surface area contributed by atoms with Crippen molar-refractivity contribution in [1.29, 1.82) is 0 Å². The maximum absolute atomic E-state index is 12.3. The van der Waals surface area contributed by atoms with E-state index >= 15 is 0 Å². The van der Waals surface area contributed by atoms with Crippen molar-refractivity contribution in [2.24, 2.45) is 0 Å². The van der Waals surface area contributed by atoms with Crippen molar-refractivity contribution in [2.45, 2.75) is 57.8 Å². The summed E-state index contributed by atoms with van der Waals surface area (Å²) in [7, 11) is -1.78. The first kappa shape index (κ1) is 23.3. The van der Waals surface area contributed by atoms with Gasteiger partial charge in [0.15, 0.2) is 8.32 Å². The van der Waals surface area contributed by atoms with Crippen LogP contribution in [0.5, 0.6) is 0 Å². The van der Waals surface area contributed by atoms with Crippen molar-refractivity contribution in [3.8, 4) is 11.1 Å². The predicted molar refractivity (Wildman–Crippen MR) is 128 cm³/mol. The summed E-state index contributed by atoms with van der Waals surface area (Å²) in [6, 6.07) is 16.6. The van der Waals surface area contributed by atoms with Crippen LogP contribution in [0.4, 0.5) is 4.79 Å². The first-order valence-corrected chi connectivity index (χ1v) is 13.8. The Morgan fingerprint density at radius 3 is 2.13 bits per heavy atom. The number of fused-ring (bicyclic) bond motifs is 3. The molecule has 166 valence electrons. The van der Waals surface area contributed by atoms with Gasteiger partial charge < -0.3 is 13.9 Å². The van der Waals surface area contributed by atoms with Gasteiger partial charge in [-0.15, -0.1) is 0 Å². The highest BCUT2D eigenvalue weighted by atomic mass is 28.4. The largest absolute Gasteiger partial charge is 0.508 e. The molecule has 0 aliphatic heterocycles. The van der Waals surface area contributed by atoms with E-state index in [-0.39, 0.29) is 23.7 Å². The van der Waals surface area contributed by atoms with Crippen molar-refractivity contribution in [1.82, 2.24) is 0 Å². The van der Waals surface area contributed by atoms with E-state index in [1.807, 2.05) is 43.3 Å². The first-order valence-electron chi connectivity index (χ1n) is 10.9.